The van der Waals surface area contributed by atoms with Gasteiger partial charge < -0.3 is 5.32 Å². The van der Waals surface area contributed by atoms with Gasteiger partial charge in [0.1, 0.15) is 0 Å². The van der Waals surface area contributed by atoms with Crippen LogP contribution in [-0.2, 0) is 10.0 Å². The van der Waals surface area contributed by atoms with Crippen LogP contribution in [0.4, 0.5) is 0 Å². The van der Waals surface area contributed by atoms with Crippen LogP contribution in [-0.4, -0.2) is 37.9 Å². The second-order valence-electron chi connectivity index (χ2n) is 6.30. The Morgan fingerprint density at radius 2 is 1.70 bits per heavy atom. The van der Waals surface area contributed by atoms with E-state index in [4.69, 9.17) is 0 Å². The number of halogens is 1. The van der Waals surface area contributed by atoms with Gasteiger partial charge in [-0.3, -0.25) is 0 Å². The number of fused-ring (bicyclic) bond motifs is 3. The first-order valence-corrected chi connectivity index (χ1v) is 9.32. The lowest BCUT2D eigenvalue weighted by Crippen LogP contribution is -2.39. The van der Waals surface area contributed by atoms with Crippen molar-refractivity contribution in [3.8, 4) is 0 Å². The van der Waals surface area contributed by atoms with Gasteiger partial charge in [0.05, 0.1) is 4.90 Å². The Morgan fingerprint density at radius 3 is 2.52 bits per heavy atom. The number of hydrogen-bond acceptors (Lipinski definition) is 3. The second-order valence-corrected chi connectivity index (χ2v) is 8.24. The lowest BCUT2D eigenvalue weighted by atomic mass is 10.1. The van der Waals surface area contributed by atoms with Gasteiger partial charge in [-0.05, 0) is 42.2 Å². The van der Waals surface area contributed by atoms with Gasteiger partial charge in [0.15, 0.2) is 0 Å². The molecular weight excluding hydrogens is 332 g/mol. The molecule has 2 aromatic carbocycles. The summed E-state index contributed by atoms with van der Waals surface area (Å²) in [5.41, 5.74) is 0. The topological polar surface area (TPSA) is 49.4 Å². The summed E-state index contributed by atoms with van der Waals surface area (Å²) in [5, 5.41) is 5.57. The lowest BCUT2D eigenvalue weighted by Gasteiger charge is -2.23. The standard InChI is InChI=1S/C17H20N2O2S.ClH/c20-22(21,19-10-9-15-6-7-16(12-19)18-15)17-8-5-13-3-1-2-4-14(13)11-17;/h1-5,8,11,15-16,18H,6-7,9-10,12H2;1H. The molecule has 0 amide bonds. The third-order valence-electron chi connectivity index (χ3n) is 4.84. The van der Waals surface area contributed by atoms with Gasteiger partial charge in [-0.25, -0.2) is 8.42 Å². The molecule has 6 heteroatoms. The monoisotopic (exact) mass is 352 g/mol. The molecule has 0 spiro atoms. The molecule has 0 aromatic heterocycles. The van der Waals surface area contributed by atoms with E-state index >= 15 is 0 Å². The largest absolute Gasteiger partial charge is 0.310 e. The van der Waals surface area contributed by atoms with Crippen LogP contribution in [0, 0.1) is 0 Å². The Labute approximate surface area is 143 Å². The van der Waals surface area contributed by atoms with Gasteiger partial charge in [0.2, 0.25) is 10.0 Å². The maximum absolute atomic E-state index is 13.0. The van der Waals surface area contributed by atoms with Crippen LogP contribution in [0.25, 0.3) is 10.8 Å². The number of rotatable bonds is 2. The maximum Gasteiger partial charge on any atom is 0.243 e. The molecule has 2 fully saturated rings. The highest BCUT2D eigenvalue weighted by Gasteiger charge is 2.34. The summed E-state index contributed by atoms with van der Waals surface area (Å²) in [4.78, 5) is 0.406. The van der Waals surface area contributed by atoms with Crippen LogP contribution < -0.4 is 5.32 Å². The normalized spacial score (nSPS) is 25.0. The summed E-state index contributed by atoms with van der Waals surface area (Å²) in [7, 11) is -3.41. The van der Waals surface area contributed by atoms with Crippen molar-refractivity contribution in [2.24, 2.45) is 0 Å². The third-order valence-corrected chi connectivity index (χ3v) is 6.71. The summed E-state index contributed by atoms with van der Waals surface area (Å²) in [6.07, 6.45) is 3.16. The molecule has 2 heterocycles. The van der Waals surface area contributed by atoms with E-state index in [1.807, 2.05) is 30.3 Å². The first-order valence-electron chi connectivity index (χ1n) is 7.88. The highest BCUT2D eigenvalue weighted by molar-refractivity contribution is 7.89. The molecule has 4 rings (SSSR count). The quantitative estimate of drug-likeness (QED) is 0.904. The van der Waals surface area contributed by atoms with Crippen molar-refractivity contribution < 1.29 is 8.42 Å². The van der Waals surface area contributed by atoms with Crippen LogP contribution >= 0.6 is 12.4 Å². The van der Waals surface area contributed by atoms with Gasteiger partial charge in [-0.1, -0.05) is 30.3 Å². The van der Waals surface area contributed by atoms with E-state index < -0.39 is 10.0 Å². The molecule has 23 heavy (non-hydrogen) atoms. The lowest BCUT2D eigenvalue weighted by molar-refractivity contribution is 0.383. The zero-order chi connectivity index (χ0) is 15.2. The first kappa shape index (κ1) is 16.7. The number of nitrogens with one attached hydrogen (secondary N) is 1. The predicted octanol–water partition coefficient (Wildman–Crippen LogP) is 2.78. The first-order chi connectivity index (χ1) is 10.6. The van der Waals surface area contributed by atoms with Gasteiger partial charge in [0, 0.05) is 25.2 Å². The van der Waals surface area contributed by atoms with Gasteiger partial charge >= 0.3 is 0 Å². The van der Waals surface area contributed by atoms with Crippen LogP contribution in [0.1, 0.15) is 19.3 Å². The summed E-state index contributed by atoms with van der Waals surface area (Å²) < 4.78 is 27.6. The Balaban J connectivity index is 0.00000156. The van der Waals surface area contributed by atoms with Crippen molar-refractivity contribution in [1.29, 1.82) is 0 Å². The average Bonchev–Trinajstić information content (AvgIpc) is 2.85. The van der Waals surface area contributed by atoms with Crippen molar-refractivity contribution in [1.82, 2.24) is 9.62 Å². The number of nitrogens with zero attached hydrogens (tertiary/aromatic N) is 1. The Morgan fingerprint density at radius 1 is 0.957 bits per heavy atom. The summed E-state index contributed by atoms with van der Waals surface area (Å²) in [6.45, 7) is 1.20. The molecule has 1 N–H and O–H groups in total. The average molecular weight is 353 g/mol. The Kier molecular flexibility index (Phi) is 4.65. The molecule has 2 aromatic rings. The molecule has 0 saturated carbocycles. The SMILES string of the molecule is Cl.O=S(=O)(c1ccc2ccccc2c1)N1CCC2CCC(C1)N2. The van der Waals surface area contributed by atoms with Crippen LogP contribution in [0.3, 0.4) is 0 Å². The minimum absolute atomic E-state index is 0. The zero-order valence-electron chi connectivity index (χ0n) is 12.8. The summed E-state index contributed by atoms with van der Waals surface area (Å²) in [6, 6.07) is 14.1. The van der Waals surface area contributed by atoms with E-state index in [9.17, 15) is 8.42 Å². The van der Waals surface area contributed by atoms with Gasteiger partial charge in [-0.2, -0.15) is 4.31 Å². The summed E-state index contributed by atoms with van der Waals surface area (Å²) >= 11 is 0. The molecule has 4 nitrogen and oxygen atoms in total. The molecule has 0 aliphatic carbocycles. The number of hydrogen-bond donors (Lipinski definition) is 1. The molecule has 2 bridgehead atoms. The van der Waals surface area contributed by atoms with Crippen molar-refractivity contribution in [2.75, 3.05) is 13.1 Å². The van der Waals surface area contributed by atoms with E-state index in [1.54, 1.807) is 16.4 Å². The molecular formula is C17H21ClN2O2S. The smallest absolute Gasteiger partial charge is 0.243 e. The number of benzene rings is 2. The van der Waals surface area contributed by atoms with Crippen LogP contribution in [0.2, 0.25) is 0 Å². The van der Waals surface area contributed by atoms with Crippen molar-refractivity contribution in [3.05, 3.63) is 42.5 Å². The van der Waals surface area contributed by atoms with E-state index in [-0.39, 0.29) is 12.4 Å². The number of sulfonamides is 1. The van der Waals surface area contributed by atoms with Crippen molar-refractivity contribution in [2.45, 2.75) is 36.2 Å². The molecule has 2 atom stereocenters. The zero-order valence-corrected chi connectivity index (χ0v) is 14.4. The van der Waals surface area contributed by atoms with Crippen LogP contribution in [0.15, 0.2) is 47.4 Å². The minimum atomic E-state index is -3.41. The second kappa shape index (κ2) is 6.40. The van der Waals surface area contributed by atoms with E-state index in [0.717, 1.165) is 23.6 Å². The van der Waals surface area contributed by atoms with Crippen molar-refractivity contribution >= 4 is 33.2 Å². The van der Waals surface area contributed by atoms with Crippen molar-refractivity contribution in [3.63, 3.8) is 0 Å². The highest BCUT2D eigenvalue weighted by Crippen LogP contribution is 2.26. The van der Waals surface area contributed by atoms with E-state index in [1.165, 1.54) is 6.42 Å². The van der Waals surface area contributed by atoms with Gasteiger partial charge in [0.25, 0.3) is 0 Å². The molecule has 2 aliphatic rings. The fourth-order valence-corrected chi connectivity index (χ4v) is 5.14. The fraction of sp³-hybridized carbons (Fsp3) is 0.412. The summed E-state index contributed by atoms with van der Waals surface area (Å²) in [5.74, 6) is 0. The molecule has 2 unspecified atom stereocenters. The highest BCUT2D eigenvalue weighted by atomic mass is 35.5. The van der Waals surface area contributed by atoms with Crippen LogP contribution in [0.5, 0.6) is 0 Å². The molecule has 124 valence electrons. The predicted molar refractivity (Wildman–Crippen MR) is 94.5 cm³/mol. The maximum atomic E-state index is 13.0. The minimum Gasteiger partial charge on any atom is -0.310 e. The Hall–Kier alpha value is -1.14. The molecule has 0 radical (unpaired) electrons. The van der Waals surface area contributed by atoms with Gasteiger partial charge in [-0.15, -0.1) is 12.4 Å². The van der Waals surface area contributed by atoms with E-state index in [0.29, 0.717) is 30.1 Å². The Bertz CT molecular complexity index is 809. The molecule has 2 saturated heterocycles. The fourth-order valence-electron chi connectivity index (χ4n) is 3.61. The third kappa shape index (κ3) is 3.11. The van der Waals surface area contributed by atoms with E-state index in [2.05, 4.69) is 5.32 Å². The molecule has 2 aliphatic heterocycles.